The molecule has 0 aliphatic carbocycles. The molecular formula is C24H27ClN4O. The summed E-state index contributed by atoms with van der Waals surface area (Å²) in [6, 6.07) is 17.8. The molecular weight excluding hydrogens is 396 g/mol. The number of likely N-dealkylation sites (tertiary alicyclic amines) is 1. The molecule has 0 saturated carbocycles. The van der Waals surface area contributed by atoms with Crippen LogP contribution in [0.15, 0.2) is 60.8 Å². The van der Waals surface area contributed by atoms with Crippen molar-refractivity contribution in [1.82, 2.24) is 20.0 Å². The summed E-state index contributed by atoms with van der Waals surface area (Å²) in [5, 5.41) is 7.86. The van der Waals surface area contributed by atoms with E-state index in [-0.39, 0.29) is 5.91 Å². The first-order valence-electron chi connectivity index (χ1n) is 10.5. The van der Waals surface area contributed by atoms with Crippen molar-refractivity contribution in [3.8, 4) is 11.3 Å². The van der Waals surface area contributed by atoms with Crippen molar-refractivity contribution in [2.24, 2.45) is 0 Å². The summed E-state index contributed by atoms with van der Waals surface area (Å²) >= 11 is 6.37. The normalized spacial score (nSPS) is 16.7. The summed E-state index contributed by atoms with van der Waals surface area (Å²) in [7, 11) is 0. The van der Waals surface area contributed by atoms with Gasteiger partial charge in [-0.2, -0.15) is 5.10 Å². The summed E-state index contributed by atoms with van der Waals surface area (Å²) in [6.07, 6.45) is 4.10. The number of aromatic nitrogens is 2. The maximum Gasteiger partial charge on any atom is 0.255 e. The summed E-state index contributed by atoms with van der Waals surface area (Å²) < 4.78 is 0. The molecule has 1 N–H and O–H groups in total. The maximum atomic E-state index is 13.5. The van der Waals surface area contributed by atoms with Gasteiger partial charge in [0.15, 0.2) is 0 Å². The number of likely N-dealkylation sites (N-methyl/N-ethyl adjacent to an activating group) is 1. The zero-order valence-corrected chi connectivity index (χ0v) is 18.0. The van der Waals surface area contributed by atoms with Crippen LogP contribution < -0.4 is 0 Å². The van der Waals surface area contributed by atoms with Gasteiger partial charge in [-0.15, -0.1) is 0 Å². The van der Waals surface area contributed by atoms with Crippen LogP contribution in [0, 0.1) is 0 Å². The van der Waals surface area contributed by atoms with Crippen molar-refractivity contribution in [3.05, 3.63) is 76.9 Å². The standard InChI is InChI=1S/C24H27ClN4O/c1-2-28-14-8-11-20(28)17-29(24(30)21-12-6-7-13-22(21)25)16-19-15-26-27-23(19)18-9-4-3-5-10-18/h3-7,9-10,12-13,15,20H,2,8,11,14,16-17H2,1H3,(H,26,27)/t20-/m1/s1. The molecule has 6 heteroatoms. The predicted molar refractivity (Wildman–Crippen MR) is 120 cm³/mol. The fourth-order valence-electron chi connectivity index (χ4n) is 4.29. The van der Waals surface area contributed by atoms with Crippen molar-refractivity contribution in [2.45, 2.75) is 32.4 Å². The van der Waals surface area contributed by atoms with Crippen molar-refractivity contribution < 1.29 is 4.79 Å². The second-order valence-electron chi connectivity index (χ2n) is 7.73. The number of hydrogen-bond acceptors (Lipinski definition) is 3. The van der Waals surface area contributed by atoms with E-state index in [4.69, 9.17) is 11.6 Å². The topological polar surface area (TPSA) is 52.2 Å². The van der Waals surface area contributed by atoms with E-state index < -0.39 is 0 Å². The Labute approximate surface area is 182 Å². The third-order valence-electron chi connectivity index (χ3n) is 5.87. The Balaban J connectivity index is 1.64. The van der Waals surface area contributed by atoms with Gasteiger partial charge in [-0.1, -0.05) is 61.0 Å². The zero-order chi connectivity index (χ0) is 20.9. The number of nitrogens with one attached hydrogen (secondary N) is 1. The summed E-state index contributed by atoms with van der Waals surface area (Å²) in [5.41, 5.74) is 3.56. The number of aromatic amines is 1. The van der Waals surface area contributed by atoms with Gasteiger partial charge in [0.1, 0.15) is 0 Å². The van der Waals surface area contributed by atoms with Crippen LogP contribution in [0.1, 0.15) is 35.7 Å². The Bertz CT molecular complexity index is 988. The second kappa shape index (κ2) is 9.45. The highest BCUT2D eigenvalue weighted by molar-refractivity contribution is 6.33. The van der Waals surface area contributed by atoms with Crippen molar-refractivity contribution >= 4 is 17.5 Å². The highest BCUT2D eigenvalue weighted by Gasteiger charge is 2.29. The van der Waals surface area contributed by atoms with Crippen LogP contribution in [-0.4, -0.2) is 51.6 Å². The molecule has 1 saturated heterocycles. The summed E-state index contributed by atoms with van der Waals surface area (Å²) in [5.74, 6) is -0.0382. The lowest BCUT2D eigenvalue weighted by molar-refractivity contribution is 0.0692. The number of halogens is 1. The fourth-order valence-corrected chi connectivity index (χ4v) is 4.50. The smallest absolute Gasteiger partial charge is 0.255 e. The molecule has 2 aromatic carbocycles. The van der Waals surface area contributed by atoms with Gasteiger partial charge in [-0.05, 0) is 43.6 Å². The van der Waals surface area contributed by atoms with Crippen LogP contribution in [0.2, 0.25) is 5.02 Å². The van der Waals surface area contributed by atoms with Crippen LogP contribution in [-0.2, 0) is 6.54 Å². The third-order valence-corrected chi connectivity index (χ3v) is 6.20. The lowest BCUT2D eigenvalue weighted by Crippen LogP contribution is -2.42. The summed E-state index contributed by atoms with van der Waals surface area (Å²) in [6.45, 7) is 5.44. The lowest BCUT2D eigenvalue weighted by atomic mass is 10.1. The molecule has 1 aromatic heterocycles. The largest absolute Gasteiger partial charge is 0.333 e. The Morgan fingerprint density at radius 2 is 1.97 bits per heavy atom. The molecule has 30 heavy (non-hydrogen) atoms. The van der Waals surface area contributed by atoms with E-state index in [1.807, 2.05) is 53.6 Å². The summed E-state index contributed by atoms with van der Waals surface area (Å²) in [4.78, 5) is 17.9. The highest BCUT2D eigenvalue weighted by Crippen LogP contribution is 2.26. The Kier molecular flexibility index (Phi) is 6.50. The van der Waals surface area contributed by atoms with Crippen LogP contribution >= 0.6 is 11.6 Å². The van der Waals surface area contributed by atoms with Gasteiger partial charge in [0.2, 0.25) is 0 Å². The monoisotopic (exact) mass is 422 g/mol. The molecule has 1 aliphatic rings. The molecule has 5 nitrogen and oxygen atoms in total. The Morgan fingerprint density at radius 3 is 2.73 bits per heavy atom. The minimum atomic E-state index is -0.0382. The van der Waals surface area contributed by atoms with E-state index in [1.54, 1.807) is 12.1 Å². The zero-order valence-electron chi connectivity index (χ0n) is 17.2. The predicted octanol–water partition coefficient (Wildman–Crippen LogP) is 4.86. The molecule has 2 heterocycles. The molecule has 1 fully saturated rings. The quantitative estimate of drug-likeness (QED) is 0.591. The molecule has 0 spiro atoms. The van der Waals surface area contributed by atoms with Crippen LogP contribution in [0.3, 0.4) is 0 Å². The van der Waals surface area contributed by atoms with E-state index in [0.29, 0.717) is 29.7 Å². The second-order valence-corrected chi connectivity index (χ2v) is 8.13. The number of nitrogens with zero attached hydrogens (tertiary/aromatic N) is 3. The number of rotatable bonds is 7. The number of carbonyl (C=O) groups is 1. The number of carbonyl (C=O) groups excluding carboxylic acids is 1. The maximum absolute atomic E-state index is 13.5. The third kappa shape index (κ3) is 4.42. The Morgan fingerprint density at radius 1 is 1.20 bits per heavy atom. The minimum absolute atomic E-state index is 0.0382. The molecule has 1 aliphatic heterocycles. The molecule has 4 rings (SSSR count). The highest BCUT2D eigenvalue weighted by atomic mass is 35.5. The van der Waals surface area contributed by atoms with Gasteiger partial charge in [-0.25, -0.2) is 0 Å². The number of benzene rings is 2. The van der Waals surface area contributed by atoms with E-state index in [0.717, 1.165) is 36.3 Å². The van der Waals surface area contributed by atoms with Crippen molar-refractivity contribution in [1.29, 1.82) is 0 Å². The van der Waals surface area contributed by atoms with Crippen LogP contribution in [0.25, 0.3) is 11.3 Å². The molecule has 1 amide bonds. The minimum Gasteiger partial charge on any atom is -0.333 e. The van der Waals surface area contributed by atoms with Crippen molar-refractivity contribution in [3.63, 3.8) is 0 Å². The first-order chi connectivity index (χ1) is 14.7. The molecule has 0 unspecified atom stereocenters. The first kappa shape index (κ1) is 20.6. The van der Waals surface area contributed by atoms with Crippen LogP contribution in [0.5, 0.6) is 0 Å². The van der Waals surface area contributed by atoms with Gasteiger partial charge in [0, 0.05) is 24.7 Å². The van der Waals surface area contributed by atoms with Gasteiger partial charge in [0.05, 0.1) is 22.5 Å². The molecule has 156 valence electrons. The van der Waals surface area contributed by atoms with Crippen molar-refractivity contribution in [2.75, 3.05) is 19.6 Å². The van der Waals surface area contributed by atoms with Crippen LogP contribution in [0.4, 0.5) is 0 Å². The van der Waals surface area contributed by atoms with Gasteiger partial charge in [-0.3, -0.25) is 14.8 Å². The van der Waals surface area contributed by atoms with E-state index in [1.165, 1.54) is 6.42 Å². The van der Waals surface area contributed by atoms with E-state index in [2.05, 4.69) is 22.0 Å². The first-order valence-corrected chi connectivity index (χ1v) is 10.9. The molecule has 0 bridgehead atoms. The van der Waals surface area contributed by atoms with E-state index >= 15 is 0 Å². The number of amides is 1. The van der Waals surface area contributed by atoms with Gasteiger partial charge in [0.25, 0.3) is 5.91 Å². The average Bonchev–Trinajstić information content (AvgIpc) is 3.43. The SMILES string of the molecule is CCN1CCC[C@@H]1CN(Cc1cn[nH]c1-c1ccccc1)C(=O)c1ccccc1Cl. The average molecular weight is 423 g/mol. The van der Waals surface area contributed by atoms with E-state index in [9.17, 15) is 4.79 Å². The molecule has 1 atom stereocenters. The lowest BCUT2D eigenvalue weighted by Gasteiger charge is -2.30. The number of hydrogen-bond donors (Lipinski definition) is 1. The number of H-pyrrole nitrogens is 1. The molecule has 0 radical (unpaired) electrons. The fraction of sp³-hybridized carbons (Fsp3) is 0.333. The Hall–Kier alpha value is -2.63. The molecule has 3 aromatic rings. The van der Waals surface area contributed by atoms with Gasteiger partial charge < -0.3 is 4.90 Å². The van der Waals surface area contributed by atoms with Gasteiger partial charge >= 0.3 is 0 Å².